The van der Waals surface area contributed by atoms with E-state index in [-0.39, 0.29) is 18.7 Å². The van der Waals surface area contributed by atoms with E-state index in [0.29, 0.717) is 22.3 Å². The zero-order valence-corrected chi connectivity index (χ0v) is 20.9. The maximum atomic E-state index is 12.9. The van der Waals surface area contributed by atoms with Crippen LogP contribution in [0.2, 0.25) is 5.02 Å². The second-order valence-corrected chi connectivity index (χ2v) is 8.33. The SMILES string of the molecule is O=C(NCc1ccccc1)/C(=C/NNNc1ccc(Oc2ccon2)cc1)C(=O)NCc1ccc(Cl)cc1. The van der Waals surface area contributed by atoms with Crippen molar-refractivity contribution in [3.63, 3.8) is 0 Å². The highest BCUT2D eigenvalue weighted by atomic mass is 35.5. The number of amides is 2. The average molecular weight is 533 g/mol. The Morgan fingerprint density at radius 2 is 1.50 bits per heavy atom. The summed E-state index contributed by atoms with van der Waals surface area (Å²) < 4.78 is 10.3. The topological polar surface area (TPSA) is 130 Å². The van der Waals surface area contributed by atoms with E-state index in [1.165, 1.54) is 12.5 Å². The van der Waals surface area contributed by atoms with Crippen molar-refractivity contribution in [3.05, 3.63) is 119 Å². The van der Waals surface area contributed by atoms with Crippen LogP contribution < -0.4 is 31.8 Å². The molecule has 0 bridgehead atoms. The zero-order chi connectivity index (χ0) is 26.6. The Balaban J connectivity index is 1.34. The molecule has 0 atom stereocenters. The van der Waals surface area contributed by atoms with Crippen molar-refractivity contribution in [1.82, 2.24) is 26.8 Å². The molecule has 1 aromatic heterocycles. The third-order valence-electron chi connectivity index (χ3n) is 5.14. The highest BCUT2D eigenvalue weighted by Crippen LogP contribution is 2.21. The van der Waals surface area contributed by atoms with E-state index < -0.39 is 11.8 Å². The lowest BCUT2D eigenvalue weighted by atomic mass is 10.2. The molecule has 0 saturated heterocycles. The summed E-state index contributed by atoms with van der Waals surface area (Å²) >= 11 is 5.92. The van der Waals surface area contributed by atoms with Crippen LogP contribution in [0.1, 0.15) is 11.1 Å². The molecule has 2 amide bonds. The largest absolute Gasteiger partial charge is 0.436 e. The molecule has 194 valence electrons. The Morgan fingerprint density at radius 3 is 2.13 bits per heavy atom. The van der Waals surface area contributed by atoms with Gasteiger partial charge in [0.15, 0.2) is 0 Å². The van der Waals surface area contributed by atoms with Crippen LogP contribution in [0.15, 0.2) is 107 Å². The first-order valence-corrected chi connectivity index (χ1v) is 11.9. The third-order valence-corrected chi connectivity index (χ3v) is 5.39. The van der Waals surface area contributed by atoms with Gasteiger partial charge in [-0.3, -0.25) is 9.59 Å². The fraction of sp³-hybridized carbons (Fsp3) is 0.0741. The van der Waals surface area contributed by atoms with E-state index in [9.17, 15) is 9.59 Å². The number of carbonyl (C=O) groups is 2. The molecule has 5 N–H and O–H groups in total. The lowest BCUT2D eigenvalue weighted by Gasteiger charge is -2.12. The van der Waals surface area contributed by atoms with Crippen LogP contribution in [0.4, 0.5) is 5.69 Å². The van der Waals surface area contributed by atoms with Crippen molar-refractivity contribution in [1.29, 1.82) is 0 Å². The summed E-state index contributed by atoms with van der Waals surface area (Å²) in [7, 11) is 0. The lowest BCUT2D eigenvalue weighted by Crippen LogP contribution is -2.38. The van der Waals surface area contributed by atoms with Crippen molar-refractivity contribution in [2.24, 2.45) is 0 Å². The van der Waals surface area contributed by atoms with Crippen LogP contribution >= 0.6 is 11.6 Å². The first-order chi connectivity index (χ1) is 18.6. The van der Waals surface area contributed by atoms with E-state index in [1.54, 1.807) is 54.6 Å². The van der Waals surface area contributed by atoms with Gasteiger partial charge in [-0.25, -0.2) is 0 Å². The number of anilines is 1. The minimum atomic E-state index is -0.547. The molecular formula is C27H25ClN6O4. The molecule has 0 fully saturated rings. The van der Waals surface area contributed by atoms with Gasteiger partial charge in [0.1, 0.15) is 17.6 Å². The van der Waals surface area contributed by atoms with Gasteiger partial charge in [-0.05, 0) is 52.7 Å². The highest BCUT2D eigenvalue weighted by molar-refractivity contribution is 6.30. The molecule has 1 heterocycles. The zero-order valence-electron chi connectivity index (χ0n) is 20.1. The minimum Gasteiger partial charge on any atom is -0.436 e. The number of nitrogens with one attached hydrogen (secondary N) is 5. The predicted molar refractivity (Wildman–Crippen MR) is 143 cm³/mol. The fourth-order valence-corrected chi connectivity index (χ4v) is 3.31. The van der Waals surface area contributed by atoms with E-state index in [2.05, 4.69) is 32.2 Å². The number of carbonyl (C=O) groups excluding carboxylic acids is 2. The van der Waals surface area contributed by atoms with Gasteiger partial charge < -0.3 is 30.7 Å². The second-order valence-electron chi connectivity index (χ2n) is 7.89. The van der Waals surface area contributed by atoms with E-state index in [4.69, 9.17) is 20.9 Å². The number of hydrazine groups is 2. The number of hydrogen-bond acceptors (Lipinski definition) is 8. The van der Waals surface area contributed by atoms with Crippen LogP contribution in [-0.4, -0.2) is 17.0 Å². The summed E-state index contributed by atoms with van der Waals surface area (Å²) in [6.07, 6.45) is 2.70. The molecule has 0 spiro atoms. The van der Waals surface area contributed by atoms with Crippen molar-refractivity contribution < 1.29 is 18.8 Å². The molecule has 4 rings (SSSR count). The first kappa shape index (κ1) is 26.3. The molecule has 0 unspecified atom stereocenters. The van der Waals surface area contributed by atoms with E-state index in [1.807, 2.05) is 30.3 Å². The summed E-state index contributed by atoms with van der Waals surface area (Å²) in [4.78, 5) is 25.8. The van der Waals surface area contributed by atoms with Gasteiger partial charge in [0.2, 0.25) is 0 Å². The molecular weight excluding hydrogens is 508 g/mol. The van der Waals surface area contributed by atoms with Crippen molar-refractivity contribution in [2.45, 2.75) is 13.1 Å². The maximum Gasteiger partial charge on any atom is 0.259 e. The monoisotopic (exact) mass is 532 g/mol. The summed E-state index contributed by atoms with van der Waals surface area (Å²) in [5.41, 5.74) is 10.7. The van der Waals surface area contributed by atoms with Gasteiger partial charge in [0, 0.05) is 30.4 Å². The van der Waals surface area contributed by atoms with Gasteiger partial charge in [0.05, 0.1) is 5.69 Å². The van der Waals surface area contributed by atoms with Crippen LogP contribution in [0.25, 0.3) is 0 Å². The molecule has 0 aliphatic rings. The first-order valence-electron chi connectivity index (χ1n) is 11.6. The number of nitrogens with zero attached hydrogens (tertiary/aromatic N) is 1. The summed E-state index contributed by atoms with van der Waals surface area (Å²) in [5.74, 6) is -0.157. The van der Waals surface area contributed by atoms with Crippen molar-refractivity contribution in [2.75, 3.05) is 5.43 Å². The third kappa shape index (κ3) is 8.12. The number of benzene rings is 3. The highest BCUT2D eigenvalue weighted by Gasteiger charge is 2.18. The number of hydrogen-bond donors (Lipinski definition) is 5. The Bertz CT molecular complexity index is 1340. The van der Waals surface area contributed by atoms with Crippen LogP contribution in [-0.2, 0) is 22.7 Å². The molecule has 0 aliphatic carbocycles. The molecule has 0 aliphatic heterocycles. The molecule has 10 nitrogen and oxygen atoms in total. The number of aromatic nitrogens is 1. The Kier molecular flexibility index (Phi) is 9.33. The van der Waals surface area contributed by atoms with Crippen molar-refractivity contribution >= 4 is 29.1 Å². The standard InChI is InChI=1S/C27H25ClN6O4/c28-21-8-6-20(7-9-21)17-30-27(36)24(26(35)29-16-19-4-2-1-3-5-19)18-31-34-32-22-10-12-23(13-11-22)38-25-14-15-37-33-25/h1-15,18,31-32,34H,16-17H2,(H,29,35)(H,30,36)/b24-18-. The van der Waals surface area contributed by atoms with Crippen LogP contribution in [0, 0.1) is 0 Å². The van der Waals surface area contributed by atoms with Gasteiger partial charge in [-0.15, -0.1) is 0 Å². The minimum absolute atomic E-state index is 0.111. The van der Waals surface area contributed by atoms with Gasteiger partial charge in [-0.1, -0.05) is 54.1 Å². The molecule has 11 heteroatoms. The molecule has 0 radical (unpaired) electrons. The molecule has 38 heavy (non-hydrogen) atoms. The smallest absolute Gasteiger partial charge is 0.259 e. The van der Waals surface area contributed by atoms with Gasteiger partial charge >= 0.3 is 0 Å². The van der Waals surface area contributed by atoms with Crippen LogP contribution in [0.5, 0.6) is 11.6 Å². The van der Waals surface area contributed by atoms with Crippen molar-refractivity contribution in [3.8, 4) is 11.6 Å². The van der Waals surface area contributed by atoms with E-state index in [0.717, 1.165) is 11.1 Å². The molecule has 4 aromatic rings. The van der Waals surface area contributed by atoms with Crippen LogP contribution in [0.3, 0.4) is 0 Å². The number of halogens is 1. The predicted octanol–water partition coefficient (Wildman–Crippen LogP) is 4.06. The molecule has 3 aromatic carbocycles. The number of rotatable bonds is 12. The number of ether oxygens (including phenoxy) is 1. The summed E-state index contributed by atoms with van der Waals surface area (Å²) in [5, 5.41) is 9.81. The quantitative estimate of drug-likeness (QED) is 0.0607. The Hall–Kier alpha value is -4.80. The Labute approximate surface area is 223 Å². The van der Waals surface area contributed by atoms with E-state index >= 15 is 0 Å². The fourth-order valence-electron chi connectivity index (χ4n) is 3.19. The molecule has 0 saturated carbocycles. The summed E-state index contributed by atoms with van der Waals surface area (Å²) in [6.45, 7) is 0.504. The maximum absolute atomic E-state index is 12.9. The van der Waals surface area contributed by atoms with Gasteiger partial charge in [-0.2, -0.15) is 5.53 Å². The summed E-state index contributed by atoms with van der Waals surface area (Å²) in [6, 6.07) is 25.1. The normalized spacial score (nSPS) is 10.9. The van der Waals surface area contributed by atoms with Gasteiger partial charge in [0.25, 0.3) is 17.7 Å². The lowest BCUT2D eigenvalue weighted by molar-refractivity contribution is -0.123. The Morgan fingerprint density at radius 1 is 0.842 bits per heavy atom. The average Bonchev–Trinajstić information content (AvgIpc) is 3.46. The second kappa shape index (κ2) is 13.5.